The fourth-order valence-electron chi connectivity index (χ4n) is 1.36. The molecule has 0 amide bonds. The minimum Gasteiger partial charge on any atom is -0.466 e. The Morgan fingerprint density at radius 3 is 2.28 bits per heavy atom. The SMILES string of the molecule is CCOC(=O)CCOCCOCCCCCCCl. The number of hydrogen-bond donors (Lipinski definition) is 0. The molecule has 0 radical (unpaired) electrons. The van der Waals surface area contributed by atoms with Crippen LogP contribution in [0, 0.1) is 0 Å². The van der Waals surface area contributed by atoms with Crippen molar-refractivity contribution in [3.8, 4) is 0 Å². The molecular weight excluding hydrogens is 256 g/mol. The van der Waals surface area contributed by atoms with Crippen molar-refractivity contribution < 1.29 is 19.0 Å². The standard InChI is InChI=1S/C13H25ClO4/c1-2-18-13(15)7-10-17-12-11-16-9-6-4-3-5-8-14/h2-12H2,1H3. The summed E-state index contributed by atoms with van der Waals surface area (Å²) in [5.41, 5.74) is 0. The fourth-order valence-corrected chi connectivity index (χ4v) is 1.55. The van der Waals surface area contributed by atoms with Crippen LogP contribution < -0.4 is 0 Å². The lowest BCUT2D eigenvalue weighted by Gasteiger charge is -2.05. The van der Waals surface area contributed by atoms with E-state index in [0.29, 0.717) is 32.8 Å². The van der Waals surface area contributed by atoms with Gasteiger partial charge in [-0.05, 0) is 19.8 Å². The second kappa shape index (κ2) is 14.7. The van der Waals surface area contributed by atoms with Crippen LogP contribution in [0.5, 0.6) is 0 Å². The van der Waals surface area contributed by atoms with Gasteiger partial charge >= 0.3 is 5.97 Å². The normalized spacial score (nSPS) is 10.6. The highest BCUT2D eigenvalue weighted by Crippen LogP contribution is 2.01. The first-order valence-corrected chi connectivity index (χ1v) is 7.21. The summed E-state index contributed by atoms with van der Waals surface area (Å²) < 4.78 is 15.4. The summed E-state index contributed by atoms with van der Waals surface area (Å²) in [4.78, 5) is 11.0. The van der Waals surface area contributed by atoms with E-state index in [1.54, 1.807) is 6.92 Å². The third-order valence-corrected chi connectivity index (χ3v) is 2.57. The number of alkyl halides is 1. The Morgan fingerprint density at radius 2 is 1.61 bits per heavy atom. The summed E-state index contributed by atoms with van der Waals surface area (Å²) in [7, 11) is 0. The molecule has 0 atom stereocenters. The molecule has 0 saturated heterocycles. The van der Waals surface area contributed by atoms with E-state index in [-0.39, 0.29) is 5.97 Å². The highest BCUT2D eigenvalue weighted by Gasteiger charge is 2.00. The van der Waals surface area contributed by atoms with Gasteiger partial charge in [-0.3, -0.25) is 4.79 Å². The number of esters is 1. The van der Waals surface area contributed by atoms with Crippen LogP contribution in [0.2, 0.25) is 0 Å². The molecule has 4 nitrogen and oxygen atoms in total. The van der Waals surface area contributed by atoms with Gasteiger partial charge in [-0.25, -0.2) is 0 Å². The number of ether oxygens (including phenoxy) is 3. The van der Waals surface area contributed by atoms with Crippen molar-refractivity contribution in [2.24, 2.45) is 0 Å². The van der Waals surface area contributed by atoms with E-state index in [9.17, 15) is 4.79 Å². The Bertz CT molecular complexity index is 188. The molecule has 0 aromatic heterocycles. The topological polar surface area (TPSA) is 44.8 Å². The molecule has 0 rings (SSSR count). The van der Waals surface area contributed by atoms with E-state index in [1.807, 2.05) is 0 Å². The first kappa shape index (κ1) is 17.7. The third-order valence-electron chi connectivity index (χ3n) is 2.30. The molecule has 0 bridgehead atoms. The van der Waals surface area contributed by atoms with E-state index >= 15 is 0 Å². The lowest BCUT2D eigenvalue weighted by Crippen LogP contribution is -2.11. The van der Waals surface area contributed by atoms with Crippen molar-refractivity contribution in [3.05, 3.63) is 0 Å². The van der Waals surface area contributed by atoms with Crippen LogP contribution >= 0.6 is 11.6 Å². The second-order valence-corrected chi connectivity index (χ2v) is 4.26. The Balaban J connectivity index is 3.01. The van der Waals surface area contributed by atoms with Crippen molar-refractivity contribution in [2.45, 2.75) is 39.0 Å². The molecule has 0 spiro atoms. The minimum absolute atomic E-state index is 0.210. The van der Waals surface area contributed by atoms with Gasteiger partial charge < -0.3 is 14.2 Å². The Kier molecular flexibility index (Phi) is 14.5. The summed E-state index contributed by atoms with van der Waals surface area (Å²) in [6.45, 7) is 4.49. The maximum absolute atomic E-state index is 11.0. The van der Waals surface area contributed by atoms with Gasteiger partial charge in [0.1, 0.15) is 0 Å². The third kappa shape index (κ3) is 13.7. The second-order valence-electron chi connectivity index (χ2n) is 3.88. The van der Waals surface area contributed by atoms with Gasteiger partial charge in [0.05, 0.1) is 32.8 Å². The molecule has 0 fully saturated rings. The van der Waals surface area contributed by atoms with Gasteiger partial charge in [-0.2, -0.15) is 0 Å². The number of unbranched alkanes of at least 4 members (excludes halogenated alkanes) is 3. The van der Waals surface area contributed by atoms with E-state index in [1.165, 1.54) is 6.42 Å². The summed E-state index contributed by atoms with van der Waals surface area (Å²) in [5.74, 6) is 0.535. The number of rotatable bonds is 13. The molecule has 0 aromatic rings. The van der Waals surface area contributed by atoms with Crippen LogP contribution in [0.4, 0.5) is 0 Å². The first-order valence-electron chi connectivity index (χ1n) is 6.68. The van der Waals surface area contributed by atoms with Crippen molar-refractivity contribution in [3.63, 3.8) is 0 Å². The van der Waals surface area contributed by atoms with Crippen LogP contribution in [0.25, 0.3) is 0 Å². The zero-order chi connectivity index (χ0) is 13.5. The number of hydrogen-bond acceptors (Lipinski definition) is 4. The van der Waals surface area contributed by atoms with Crippen molar-refractivity contribution in [2.75, 3.05) is 38.9 Å². The highest BCUT2D eigenvalue weighted by atomic mass is 35.5. The predicted molar refractivity (Wildman–Crippen MR) is 72.1 cm³/mol. The molecule has 0 aliphatic heterocycles. The lowest BCUT2D eigenvalue weighted by atomic mass is 10.2. The van der Waals surface area contributed by atoms with Crippen LogP contribution in [-0.4, -0.2) is 44.9 Å². The zero-order valence-electron chi connectivity index (χ0n) is 11.3. The molecule has 0 aliphatic carbocycles. The summed E-state index contributed by atoms with van der Waals surface area (Å²) in [6.07, 6.45) is 4.80. The molecular formula is C13H25ClO4. The molecule has 18 heavy (non-hydrogen) atoms. The van der Waals surface area contributed by atoms with Crippen LogP contribution in [0.15, 0.2) is 0 Å². The number of halogens is 1. The van der Waals surface area contributed by atoms with Gasteiger partial charge in [0.2, 0.25) is 0 Å². The maximum atomic E-state index is 11.0. The molecule has 0 aromatic carbocycles. The summed E-state index contributed by atoms with van der Waals surface area (Å²) >= 11 is 5.57. The van der Waals surface area contributed by atoms with E-state index < -0.39 is 0 Å². The smallest absolute Gasteiger partial charge is 0.308 e. The Hall–Kier alpha value is -0.320. The Morgan fingerprint density at radius 1 is 0.944 bits per heavy atom. The van der Waals surface area contributed by atoms with Gasteiger partial charge in [0.25, 0.3) is 0 Å². The van der Waals surface area contributed by atoms with Crippen molar-refractivity contribution >= 4 is 17.6 Å². The molecule has 0 aliphatic rings. The zero-order valence-corrected chi connectivity index (χ0v) is 12.0. The average Bonchev–Trinajstić information content (AvgIpc) is 2.36. The minimum atomic E-state index is -0.210. The van der Waals surface area contributed by atoms with E-state index in [0.717, 1.165) is 31.7 Å². The van der Waals surface area contributed by atoms with Crippen LogP contribution in [0.1, 0.15) is 39.0 Å². The molecule has 0 N–H and O–H groups in total. The van der Waals surface area contributed by atoms with Gasteiger partial charge in [0.15, 0.2) is 0 Å². The number of carbonyl (C=O) groups excluding carboxylic acids is 1. The van der Waals surface area contributed by atoms with Crippen LogP contribution in [-0.2, 0) is 19.0 Å². The fraction of sp³-hybridized carbons (Fsp3) is 0.923. The van der Waals surface area contributed by atoms with Crippen molar-refractivity contribution in [1.29, 1.82) is 0 Å². The first-order chi connectivity index (χ1) is 8.81. The number of carbonyl (C=O) groups is 1. The molecule has 0 heterocycles. The lowest BCUT2D eigenvalue weighted by molar-refractivity contribution is -0.144. The highest BCUT2D eigenvalue weighted by molar-refractivity contribution is 6.17. The predicted octanol–water partition coefficient (Wildman–Crippen LogP) is 2.77. The van der Waals surface area contributed by atoms with Gasteiger partial charge in [-0.1, -0.05) is 12.8 Å². The van der Waals surface area contributed by atoms with Gasteiger partial charge in [0, 0.05) is 12.5 Å². The molecule has 0 unspecified atom stereocenters. The van der Waals surface area contributed by atoms with Crippen LogP contribution in [0.3, 0.4) is 0 Å². The van der Waals surface area contributed by atoms with E-state index in [4.69, 9.17) is 25.8 Å². The van der Waals surface area contributed by atoms with E-state index in [2.05, 4.69) is 0 Å². The molecule has 108 valence electrons. The summed E-state index contributed by atoms with van der Waals surface area (Å²) in [5, 5.41) is 0. The maximum Gasteiger partial charge on any atom is 0.308 e. The van der Waals surface area contributed by atoms with Gasteiger partial charge in [-0.15, -0.1) is 11.6 Å². The molecule has 5 heteroatoms. The largest absolute Gasteiger partial charge is 0.466 e. The average molecular weight is 281 g/mol. The molecule has 0 saturated carbocycles. The monoisotopic (exact) mass is 280 g/mol. The quantitative estimate of drug-likeness (QED) is 0.296. The summed E-state index contributed by atoms with van der Waals surface area (Å²) in [6, 6.07) is 0. The van der Waals surface area contributed by atoms with Crippen molar-refractivity contribution in [1.82, 2.24) is 0 Å². The Labute approximate surface area is 115 Å².